The molecule has 3 aromatic rings. The Morgan fingerprint density at radius 1 is 1.14 bits per heavy atom. The van der Waals surface area contributed by atoms with E-state index in [1.54, 1.807) is 44.3 Å². The van der Waals surface area contributed by atoms with Crippen LogP contribution < -0.4 is 10.6 Å². The number of rotatable bonds is 9. The molecule has 36 heavy (non-hydrogen) atoms. The SMILES string of the molecule is CCOC(=O)C1=C(COC(=O)CCc2ncc(-c3ccccc3Cl)o2)NC(=O)NC1c1ccc(C)o1. The summed E-state index contributed by atoms with van der Waals surface area (Å²) in [7, 11) is 0. The number of hydrogen-bond acceptors (Lipinski definition) is 8. The Kier molecular flexibility index (Phi) is 7.74. The molecule has 0 radical (unpaired) electrons. The third-order valence-electron chi connectivity index (χ3n) is 5.31. The molecule has 1 unspecified atom stereocenters. The zero-order valence-corrected chi connectivity index (χ0v) is 20.4. The Bertz CT molecular complexity index is 1310. The summed E-state index contributed by atoms with van der Waals surface area (Å²) in [6.45, 7) is 3.19. The first-order chi connectivity index (χ1) is 17.4. The van der Waals surface area contributed by atoms with Crippen LogP contribution >= 0.6 is 11.6 Å². The number of urea groups is 1. The molecule has 3 heterocycles. The summed E-state index contributed by atoms with van der Waals surface area (Å²) < 4.78 is 21.8. The maximum Gasteiger partial charge on any atom is 0.338 e. The van der Waals surface area contributed by atoms with Gasteiger partial charge in [-0.2, -0.15) is 0 Å². The summed E-state index contributed by atoms with van der Waals surface area (Å²) >= 11 is 6.19. The molecule has 1 aliphatic heterocycles. The normalized spacial score (nSPS) is 15.3. The van der Waals surface area contributed by atoms with Crippen molar-refractivity contribution >= 4 is 29.6 Å². The molecule has 188 valence electrons. The minimum atomic E-state index is -0.893. The molecule has 0 fully saturated rings. The maximum absolute atomic E-state index is 12.7. The van der Waals surface area contributed by atoms with E-state index in [4.69, 9.17) is 29.9 Å². The highest BCUT2D eigenvalue weighted by Gasteiger charge is 2.36. The zero-order valence-electron chi connectivity index (χ0n) is 19.6. The molecule has 0 aliphatic carbocycles. The minimum Gasteiger partial charge on any atom is -0.464 e. The van der Waals surface area contributed by atoms with E-state index in [1.807, 2.05) is 12.1 Å². The fourth-order valence-corrected chi connectivity index (χ4v) is 3.88. The highest BCUT2D eigenvalue weighted by molar-refractivity contribution is 6.33. The van der Waals surface area contributed by atoms with Crippen molar-refractivity contribution in [3.63, 3.8) is 0 Å². The predicted molar refractivity (Wildman–Crippen MR) is 128 cm³/mol. The number of furan rings is 1. The van der Waals surface area contributed by atoms with Gasteiger partial charge in [-0.25, -0.2) is 14.6 Å². The number of hydrogen-bond donors (Lipinski definition) is 2. The Labute approximate surface area is 211 Å². The van der Waals surface area contributed by atoms with E-state index in [9.17, 15) is 14.4 Å². The number of benzene rings is 1. The van der Waals surface area contributed by atoms with E-state index >= 15 is 0 Å². The van der Waals surface area contributed by atoms with Crippen LogP contribution in [0.2, 0.25) is 5.02 Å². The Balaban J connectivity index is 1.43. The number of carbonyl (C=O) groups is 3. The molecule has 2 aromatic heterocycles. The zero-order chi connectivity index (χ0) is 25.7. The van der Waals surface area contributed by atoms with Crippen molar-refractivity contribution in [2.45, 2.75) is 32.7 Å². The molecule has 11 heteroatoms. The van der Waals surface area contributed by atoms with Crippen molar-refractivity contribution in [2.75, 3.05) is 13.2 Å². The van der Waals surface area contributed by atoms with Crippen LogP contribution in [0.15, 0.2) is 62.7 Å². The van der Waals surface area contributed by atoms with Crippen LogP contribution in [-0.4, -0.2) is 36.2 Å². The number of oxazole rings is 1. The van der Waals surface area contributed by atoms with E-state index in [2.05, 4.69) is 15.6 Å². The molecule has 2 amide bonds. The van der Waals surface area contributed by atoms with Gasteiger partial charge in [-0.15, -0.1) is 0 Å². The summed E-state index contributed by atoms with van der Waals surface area (Å²) in [5, 5.41) is 5.71. The minimum absolute atomic E-state index is 0.0303. The van der Waals surface area contributed by atoms with Gasteiger partial charge in [-0.1, -0.05) is 23.7 Å². The van der Waals surface area contributed by atoms with E-state index in [0.717, 1.165) is 0 Å². The molecule has 1 atom stereocenters. The van der Waals surface area contributed by atoms with E-state index in [1.165, 1.54) is 0 Å². The van der Waals surface area contributed by atoms with E-state index in [-0.39, 0.29) is 37.3 Å². The topological polar surface area (TPSA) is 133 Å². The van der Waals surface area contributed by atoms with Crippen molar-refractivity contribution in [3.05, 3.63) is 76.3 Å². The molecule has 0 saturated carbocycles. The van der Waals surface area contributed by atoms with Gasteiger partial charge < -0.3 is 28.9 Å². The standard InChI is InChI=1S/C25H24ClN3O7/c1-3-33-24(31)22-17(28-25(32)29-23(22)18-9-8-14(2)35-18)13-34-21(30)11-10-20-27-12-19(36-20)15-6-4-5-7-16(15)26/h4-9,12,23H,3,10-11,13H2,1-2H3,(H2,28,29,32). The van der Waals surface area contributed by atoms with Crippen molar-refractivity contribution < 1.29 is 32.7 Å². The second kappa shape index (κ2) is 11.1. The van der Waals surface area contributed by atoms with Crippen LogP contribution in [0.25, 0.3) is 11.3 Å². The van der Waals surface area contributed by atoms with Gasteiger partial charge >= 0.3 is 18.0 Å². The lowest BCUT2D eigenvalue weighted by atomic mass is 10.0. The first-order valence-electron chi connectivity index (χ1n) is 11.2. The van der Waals surface area contributed by atoms with E-state index in [0.29, 0.717) is 33.8 Å². The molecule has 1 aliphatic rings. The Morgan fingerprint density at radius 2 is 1.94 bits per heavy atom. The summed E-state index contributed by atoms with van der Waals surface area (Å²) in [5.74, 6) is 0.565. The number of nitrogens with one attached hydrogen (secondary N) is 2. The lowest BCUT2D eigenvalue weighted by Gasteiger charge is -2.27. The van der Waals surface area contributed by atoms with Crippen molar-refractivity contribution in [2.24, 2.45) is 0 Å². The maximum atomic E-state index is 12.7. The van der Waals surface area contributed by atoms with Crippen LogP contribution in [0.4, 0.5) is 4.79 Å². The number of halogens is 1. The molecule has 0 saturated heterocycles. The predicted octanol–water partition coefficient (Wildman–Crippen LogP) is 4.24. The number of aryl methyl sites for hydroxylation is 2. The number of ether oxygens (including phenoxy) is 2. The van der Waals surface area contributed by atoms with E-state index < -0.39 is 24.0 Å². The summed E-state index contributed by atoms with van der Waals surface area (Å²) in [6.07, 6.45) is 1.70. The van der Waals surface area contributed by atoms with Gasteiger partial charge in [0.05, 0.1) is 35.5 Å². The molecule has 4 rings (SSSR count). The van der Waals surface area contributed by atoms with Crippen molar-refractivity contribution in [1.82, 2.24) is 15.6 Å². The lowest BCUT2D eigenvalue weighted by Crippen LogP contribution is -2.47. The number of carbonyl (C=O) groups excluding carboxylic acids is 3. The molecule has 0 spiro atoms. The van der Waals surface area contributed by atoms with Gasteiger partial charge in [0.1, 0.15) is 24.2 Å². The largest absolute Gasteiger partial charge is 0.464 e. The van der Waals surface area contributed by atoms with Gasteiger partial charge in [0.25, 0.3) is 0 Å². The quantitative estimate of drug-likeness (QED) is 0.406. The van der Waals surface area contributed by atoms with Crippen LogP contribution in [0, 0.1) is 6.92 Å². The Hall–Kier alpha value is -4.05. The highest BCUT2D eigenvalue weighted by atomic mass is 35.5. The molecule has 2 N–H and O–H groups in total. The van der Waals surface area contributed by atoms with Crippen LogP contribution in [-0.2, 0) is 25.5 Å². The number of esters is 2. The van der Waals surface area contributed by atoms with Gasteiger partial charge in [-0.05, 0) is 38.1 Å². The summed E-state index contributed by atoms with van der Waals surface area (Å²) in [6, 6.07) is 9.10. The molecular formula is C25H24ClN3O7. The van der Waals surface area contributed by atoms with Crippen molar-refractivity contribution in [1.29, 1.82) is 0 Å². The molecular weight excluding hydrogens is 490 g/mol. The van der Waals surface area contributed by atoms with Crippen LogP contribution in [0.5, 0.6) is 0 Å². The number of nitrogens with zero attached hydrogens (tertiary/aromatic N) is 1. The third-order valence-corrected chi connectivity index (χ3v) is 5.64. The number of aromatic nitrogens is 1. The average Bonchev–Trinajstić information content (AvgIpc) is 3.50. The monoisotopic (exact) mass is 513 g/mol. The fourth-order valence-electron chi connectivity index (χ4n) is 3.65. The Morgan fingerprint density at radius 3 is 2.67 bits per heavy atom. The summed E-state index contributed by atoms with van der Waals surface area (Å²) in [5.41, 5.74) is 0.902. The first kappa shape index (κ1) is 25.1. The second-order valence-electron chi connectivity index (χ2n) is 7.85. The first-order valence-corrected chi connectivity index (χ1v) is 11.6. The number of amides is 2. The smallest absolute Gasteiger partial charge is 0.338 e. The van der Waals surface area contributed by atoms with Gasteiger partial charge in [0, 0.05) is 12.0 Å². The summed E-state index contributed by atoms with van der Waals surface area (Å²) in [4.78, 5) is 41.6. The third kappa shape index (κ3) is 5.77. The molecule has 10 nitrogen and oxygen atoms in total. The molecule has 1 aromatic carbocycles. The van der Waals surface area contributed by atoms with Crippen LogP contribution in [0.3, 0.4) is 0 Å². The van der Waals surface area contributed by atoms with Gasteiger partial charge in [0.15, 0.2) is 11.7 Å². The van der Waals surface area contributed by atoms with Gasteiger partial charge in [-0.3, -0.25) is 4.79 Å². The fraction of sp³-hybridized carbons (Fsp3) is 0.280. The lowest BCUT2D eigenvalue weighted by molar-refractivity contribution is -0.143. The van der Waals surface area contributed by atoms with Crippen LogP contribution in [0.1, 0.15) is 36.8 Å². The highest BCUT2D eigenvalue weighted by Crippen LogP contribution is 2.30. The second-order valence-corrected chi connectivity index (χ2v) is 8.26. The van der Waals surface area contributed by atoms with Gasteiger partial charge in [0.2, 0.25) is 0 Å². The van der Waals surface area contributed by atoms with Crippen molar-refractivity contribution in [3.8, 4) is 11.3 Å². The molecule has 0 bridgehead atoms. The average molecular weight is 514 g/mol.